The number of pyridine rings is 1. The standard InChI is InChI=1S/C15H14BrN3S/c1-10(15-18-7-8-20-15)9-19-14-12-3-2-4-13(16)11(12)5-6-17-14/h2-8,10H,9H2,1H3,(H,17,19). The van der Waals surface area contributed by atoms with E-state index in [0.717, 1.165) is 27.2 Å². The lowest BCUT2D eigenvalue weighted by Gasteiger charge is -2.12. The summed E-state index contributed by atoms with van der Waals surface area (Å²) in [6.45, 7) is 3.00. The molecule has 0 radical (unpaired) electrons. The normalized spacial score (nSPS) is 12.5. The van der Waals surface area contributed by atoms with Gasteiger partial charge in [0.25, 0.3) is 0 Å². The van der Waals surface area contributed by atoms with Gasteiger partial charge in [0, 0.05) is 45.5 Å². The number of aromatic nitrogens is 2. The molecule has 2 heterocycles. The van der Waals surface area contributed by atoms with E-state index in [-0.39, 0.29) is 0 Å². The molecule has 20 heavy (non-hydrogen) atoms. The van der Waals surface area contributed by atoms with E-state index in [9.17, 15) is 0 Å². The van der Waals surface area contributed by atoms with E-state index in [4.69, 9.17) is 0 Å². The molecule has 0 fully saturated rings. The van der Waals surface area contributed by atoms with Gasteiger partial charge < -0.3 is 5.32 Å². The molecule has 2 aromatic heterocycles. The fourth-order valence-electron chi connectivity index (χ4n) is 2.12. The van der Waals surface area contributed by atoms with Crippen molar-refractivity contribution in [1.29, 1.82) is 0 Å². The second-order valence-electron chi connectivity index (χ2n) is 4.65. The van der Waals surface area contributed by atoms with Gasteiger partial charge in [-0.3, -0.25) is 0 Å². The van der Waals surface area contributed by atoms with Crippen LogP contribution in [0.3, 0.4) is 0 Å². The Kier molecular flexibility index (Phi) is 3.98. The molecule has 0 aliphatic carbocycles. The summed E-state index contributed by atoms with van der Waals surface area (Å²) >= 11 is 5.27. The Bertz CT molecular complexity index is 712. The molecule has 1 aromatic carbocycles. The van der Waals surface area contributed by atoms with Crippen molar-refractivity contribution in [3.05, 3.63) is 51.5 Å². The van der Waals surface area contributed by atoms with Gasteiger partial charge in [0.2, 0.25) is 0 Å². The molecule has 0 spiro atoms. The first-order chi connectivity index (χ1) is 9.75. The van der Waals surface area contributed by atoms with Gasteiger partial charge in [-0.05, 0) is 12.1 Å². The number of thiazole rings is 1. The van der Waals surface area contributed by atoms with Crippen LogP contribution < -0.4 is 5.32 Å². The lowest BCUT2D eigenvalue weighted by molar-refractivity contribution is 0.793. The fraction of sp³-hybridized carbons (Fsp3) is 0.200. The lowest BCUT2D eigenvalue weighted by atomic mass is 10.1. The van der Waals surface area contributed by atoms with Crippen molar-refractivity contribution in [2.45, 2.75) is 12.8 Å². The summed E-state index contributed by atoms with van der Waals surface area (Å²) in [5.74, 6) is 1.30. The fourth-order valence-corrected chi connectivity index (χ4v) is 3.32. The molecule has 102 valence electrons. The Balaban J connectivity index is 1.83. The zero-order valence-electron chi connectivity index (χ0n) is 11.0. The first-order valence-corrected chi connectivity index (χ1v) is 8.09. The highest BCUT2D eigenvalue weighted by Gasteiger charge is 2.10. The van der Waals surface area contributed by atoms with Gasteiger partial charge in [-0.1, -0.05) is 35.0 Å². The van der Waals surface area contributed by atoms with Crippen LogP contribution in [0, 0.1) is 0 Å². The van der Waals surface area contributed by atoms with E-state index >= 15 is 0 Å². The minimum absolute atomic E-state index is 0.374. The molecule has 0 saturated heterocycles. The molecular weight excluding hydrogens is 334 g/mol. The maximum absolute atomic E-state index is 4.45. The highest BCUT2D eigenvalue weighted by Crippen LogP contribution is 2.28. The average molecular weight is 348 g/mol. The first kappa shape index (κ1) is 13.5. The number of anilines is 1. The van der Waals surface area contributed by atoms with Crippen LogP contribution in [0.15, 0.2) is 46.5 Å². The molecule has 0 saturated carbocycles. The largest absolute Gasteiger partial charge is 0.369 e. The van der Waals surface area contributed by atoms with Gasteiger partial charge in [-0.25, -0.2) is 9.97 Å². The summed E-state index contributed by atoms with van der Waals surface area (Å²) in [5, 5.41) is 8.91. The minimum atomic E-state index is 0.374. The van der Waals surface area contributed by atoms with E-state index in [2.05, 4.69) is 44.2 Å². The molecule has 1 N–H and O–H groups in total. The zero-order chi connectivity index (χ0) is 13.9. The van der Waals surface area contributed by atoms with Gasteiger partial charge in [0.05, 0.1) is 5.01 Å². The summed E-state index contributed by atoms with van der Waals surface area (Å²) in [4.78, 5) is 8.81. The highest BCUT2D eigenvalue weighted by atomic mass is 79.9. The molecular formula is C15H14BrN3S. The molecule has 0 aliphatic rings. The third-order valence-corrected chi connectivity index (χ3v) is 4.90. The average Bonchev–Trinajstić information content (AvgIpc) is 2.99. The number of fused-ring (bicyclic) bond motifs is 1. The van der Waals surface area contributed by atoms with E-state index in [1.165, 1.54) is 5.39 Å². The van der Waals surface area contributed by atoms with Crippen molar-refractivity contribution >= 4 is 43.9 Å². The Morgan fingerprint density at radius 2 is 2.10 bits per heavy atom. The summed E-state index contributed by atoms with van der Waals surface area (Å²) in [6, 6.07) is 8.19. The molecule has 3 aromatic rings. The van der Waals surface area contributed by atoms with Gasteiger partial charge in [-0.2, -0.15) is 0 Å². The molecule has 1 unspecified atom stereocenters. The van der Waals surface area contributed by atoms with Crippen molar-refractivity contribution in [3.63, 3.8) is 0 Å². The molecule has 3 rings (SSSR count). The summed E-state index contributed by atoms with van der Waals surface area (Å²) in [6.07, 6.45) is 3.69. The predicted octanol–water partition coefficient (Wildman–Crippen LogP) is 4.67. The Hall–Kier alpha value is -1.46. The monoisotopic (exact) mass is 347 g/mol. The number of nitrogens with zero attached hydrogens (tertiary/aromatic N) is 2. The van der Waals surface area contributed by atoms with Crippen molar-refractivity contribution in [2.75, 3.05) is 11.9 Å². The first-order valence-electron chi connectivity index (χ1n) is 6.42. The van der Waals surface area contributed by atoms with Crippen LogP contribution in [0.5, 0.6) is 0 Å². The van der Waals surface area contributed by atoms with Crippen molar-refractivity contribution in [2.24, 2.45) is 0 Å². The molecule has 0 amide bonds. The van der Waals surface area contributed by atoms with Gasteiger partial charge in [-0.15, -0.1) is 11.3 Å². The van der Waals surface area contributed by atoms with Gasteiger partial charge in [0.15, 0.2) is 0 Å². The molecule has 0 aliphatic heterocycles. The van der Waals surface area contributed by atoms with Gasteiger partial charge >= 0.3 is 0 Å². The quantitative estimate of drug-likeness (QED) is 0.745. The second kappa shape index (κ2) is 5.89. The summed E-state index contributed by atoms with van der Waals surface area (Å²) in [7, 11) is 0. The maximum atomic E-state index is 4.45. The van der Waals surface area contributed by atoms with Crippen LogP contribution in [-0.4, -0.2) is 16.5 Å². The highest BCUT2D eigenvalue weighted by molar-refractivity contribution is 9.10. The Morgan fingerprint density at radius 3 is 2.90 bits per heavy atom. The van der Waals surface area contributed by atoms with Crippen molar-refractivity contribution in [1.82, 2.24) is 9.97 Å². The maximum Gasteiger partial charge on any atom is 0.133 e. The van der Waals surface area contributed by atoms with E-state index in [1.54, 1.807) is 11.3 Å². The number of halogens is 1. The number of benzene rings is 1. The SMILES string of the molecule is CC(CNc1nccc2c(Br)cccc12)c1nccs1. The predicted molar refractivity (Wildman–Crippen MR) is 88.5 cm³/mol. The van der Waals surface area contributed by atoms with E-state index in [0.29, 0.717) is 5.92 Å². The van der Waals surface area contributed by atoms with Crippen LogP contribution >= 0.6 is 27.3 Å². The third kappa shape index (κ3) is 2.69. The third-order valence-electron chi connectivity index (χ3n) is 3.20. The van der Waals surface area contributed by atoms with Crippen molar-refractivity contribution < 1.29 is 0 Å². The van der Waals surface area contributed by atoms with E-state index < -0.39 is 0 Å². The number of hydrogen-bond donors (Lipinski definition) is 1. The summed E-state index contributed by atoms with van der Waals surface area (Å²) in [5.41, 5.74) is 0. The molecule has 3 nitrogen and oxygen atoms in total. The number of rotatable bonds is 4. The van der Waals surface area contributed by atoms with Crippen molar-refractivity contribution in [3.8, 4) is 0 Å². The minimum Gasteiger partial charge on any atom is -0.369 e. The van der Waals surface area contributed by atoms with Crippen LogP contribution in [-0.2, 0) is 0 Å². The molecule has 1 atom stereocenters. The zero-order valence-corrected chi connectivity index (χ0v) is 13.4. The van der Waals surface area contributed by atoms with Gasteiger partial charge in [0.1, 0.15) is 5.82 Å². The summed E-state index contributed by atoms with van der Waals surface area (Å²) < 4.78 is 1.09. The Morgan fingerprint density at radius 1 is 1.20 bits per heavy atom. The van der Waals surface area contributed by atoms with Crippen LogP contribution in [0.1, 0.15) is 17.8 Å². The number of nitrogens with one attached hydrogen (secondary N) is 1. The van der Waals surface area contributed by atoms with Crippen LogP contribution in [0.4, 0.5) is 5.82 Å². The lowest BCUT2D eigenvalue weighted by Crippen LogP contribution is -2.10. The topological polar surface area (TPSA) is 37.8 Å². The van der Waals surface area contributed by atoms with Crippen LogP contribution in [0.2, 0.25) is 0 Å². The number of hydrogen-bond acceptors (Lipinski definition) is 4. The molecule has 0 bridgehead atoms. The van der Waals surface area contributed by atoms with Crippen LogP contribution in [0.25, 0.3) is 10.8 Å². The second-order valence-corrected chi connectivity index (χ2v) is 6.43. The van der Waals surface area contributed by atoms with E-state index in [1.807, 2.05) is 36.0 Å². The molecule has 5 heteroatoms. The smallest absolute Gasteiger partial charge is 0.133 e. The Labute approximate surface area is 130 Å².